The number of aliphatic hydroxyl groups excluding tert-OH is 2. The quantitative estimate of drug-likeness (QED) is 0.0232. The molecule has 0 spiro atoms. The van der Waals surface area contributed by atoms with Crippen molar-refractivity contribution in [1.29, 1.82) is 0 Å². The number of carbonyl (C=O) groups excluding carboxylic acids is 2. The lowest BCUT2D eigenvalue weighted by Crippen LogP contribution is -2.33. The lowest BCUT2D eigenvalue weighted by Gasteiger charge is -2.12. The first-order valence-corrected chi connectivity index (χ1v) is 28.7. The number of aliphatic carboxylic acids is 2. The van der Waals surface area contributed by atoms with E-state index in [1.165, 1.54) is 0 Å². The summed E-state index contributed by atoms with van der Waals surface area (Å²) in [5, 5.41) is 40.1. The van der Waals surface area contributed by atoms with Crippen molar-refractivity contribution in [1.82, 2.24) is 5.32 Å². The Kier molecular flexibility index (Phi) is 38.9. The number of halogens is 9. The minimum Gasteiger partial charge on any atom is -0.481 e. The van der Waals surface area contributed by atoms with Crippen molar-refractivity contribution in [2.24, 2.45) is 5.73 Å². The second-order valence-electron chi connectivity index (χ2n) is 15.9. The molecule has 2 unspecified atom stereocenters. The van der Waals surface area contributed by atoms with E-state index in [1.807, 2.05) is 121 Å². The van der Waals surface area contributed by atoms with Crippen LogP contribution < -0.4 is 11.1 Å². The molecular weight excluding hydrogens is 1250 g/mol. The molecule has 0 bridgehead atoms. The summed E-state index contributed by atoms with van der Waals surface area (Å²) in [4.78, 5) is 45.7. The molecule has 22 heteroatoms. The van der Waals surface area contributed by atoms with Crippen molar-refractivity contribution in [3.8, 4) is 0 Å². The molecule has 1 amide bonds. The second kappa shape index (κ2) is 43.0. The maximum atomic E-state index is 12.5. The Labute approximate surface area is 518 Å². The van der Waals surface area contributed by atoms with Gasteiger partial charge in [0.05, 0.1) is 35.7 Å². The van der Waals surface area contributed by atoms with Gasteiger partial charge in [0.25, 0.3) is 5.91 Å². The summed E-state index contributed by atoms with van der Waals surface area (Å²) in [6.07, 6.45) is 3.94. The van der Waals surface area contributed by atoms with Gasteiger partial charge in [-0.2, -0.15) is 0 Å². The van der Waals surface area contributed by atoms with E-state index in [1.54, 1.807) is 91.0 Å². The van der Waals surface area contributed by atoms with Crippen LogP contribution in [0.2, 0.25) is 15.1 Å². The number of alkyl halides is 2. The molecule has 7 aromatic carbocycles. The molecule has 0 radical (unpaired) electrons. The minimum atomic E-state index is -1.67. The van der Waals surface area contributed by atoms with Crippen LogP contribution in [0, 0.1) is 0 Å². The molecule has 0 saturated carbocycles. The first-order valence-electron chi connectivity index (χ1n) is 23.4. The van der Waals surface area contributed by atoms with Gasteiger partial charge in [0.2, 0.25) is 9.23 Å². The first-order chi connectivity index (χ1) is 38.3. The van der Waals surface area contributed by atoms with Crippen LogP contribution in [-0.2, 0) is 39.1 Å². The van der Waals surface area contributed by atoms with Gasteiger partial charge in [-0.3, -0.25) is 9.59 Å². The molecule has 81 heavy (non-hydrogen) atoms. The van der Waals surface area contributed by atoms with Crippen LogP contribution in [-0.4, -0.2) is 85.5 Å². The Morgan fingerprint density at radius 3 is 1.16 bits per heavy atom. The summed E-state index contributed by atoms with van der Waals surface area (Å²) >= 11 is 33.3. The SMILES string of the molecule is Cl.NCC(O)CCl.O=C(NCC(O)CCl)/C(=C/c1ccc(Cl)cc1)c1ccccc1.O=C(O)/C(=C/c1ccc(Cl)cc1)c1ccccc1.O=C(O)Cc1ccccc1.O=C(OCl)/C(=C/c1ccc(Cl)cc1)c1ccccc1.O=S(Cl)Cl. The molecule has 0 aromatic heterocycles. The van der Waals surface area contributed by atoms with E-state index in [2.05, 4.69) is 31.0 Å². The number of carboxylic acid groups (broad SMARTS) is 2. The maximum absolute atomic E-state index is 12.5. The number of rotatable bonds is 16. The van der Waals surface area contributed by atoms with E-state index in [0.29, 0.717) is 31.8 Å². The average Bonchev–Trinajstić information content (AvgIpc) is 3.46. The topological polar surface area (TPSA) is 214 Å². The minimum absolute atomic E-state index is 0. The van der Waals surface area contributed by atoms with Crippen LogP contribution in [0.15, 0.2) is 194 Å². The third-order valence-electron chi connectivity index (χ3n) is 9.89. The molecule has 2 atom stereocenters. The van der Waals surface area contributed by atoms with Crippen LogP contribution in [0.3, 0.4) is 0 Å². The predicted molar refractivity (Wildman–Crippen MR) is 337 cm³/mol. The number of nitrogens with two attached hydrogens (primary N) is 1. The highest BCUT2D eigenvalue weighted by molar-refractivity contribution is 8.26. The number of carboxylic acids is 2. The van der Waals surface area contributed by atoms with Gasteiger partial charge in [0.15, 0.2) is 0 Å². The van der Waals surface area contributed by atoms with Crippen LogP contribution in [0.25, 0.3) is 34.9 Å². The Morgan fingerprint density at radius 2 is 0.852 bits per heavy atom. The Hall–Kier alpha value is -5.72. The van der Waals surface area contributed by atoms with Crippen LogP contribution in [0.5, 0.6) is 0 Å². The van der Waals surface area contributed by atoms with Crippen molar-refractivity contribution in [3.05, 3.63) is 248 Å². The fraction of sp³-hybridized carbons (Fsp3) is 0.119. The Balaban J connectivity index is 0.000000520. The first kappa shape index (κ1) is 73.3. The zero-order valence-electron chi connectivity index (χ0n) is 42.6. The van der Waals surface area contributed by atoms with E-state index < -0.39 is 39.3 Å². The molecule has 7 rings (SSSR count). The van der Waals surface area contributed by atoms with Gasteiger partial charge in [0.1, 0.15) is 11.9 Å². The highest BCUT2D eigenvalue weighted by Gasteiger charge is 2.15. The van der Waals surface area contributed by atoms with Crippen molar-refractivity contribution >= 4 is 172 Å². The predicted octanol–water partition coefficient (Wildman–Crippen LogP) is 14.5. The van der Waals surface area contributed by atoms with E-state index in [-0.39, 0.29) is 55.2 Å². The van der Waals surface area contributed by atoms with Crippen molar-refractivity contribution in [3.63, 3.8) is 0 Å². The molecule has 7 N–H and O–H groups in total. The number of hydrogen-bond donors (Lipinski definition) is 6. The molecule has 7 aromatic rings. The zero-order chi connectivity index (χ0) is 59.2. The number of hydrogen-bond acceptors (Lipinski definition) is 9. The number of nitrogens with one attached hydrogen (secondary N) is 1. The third-order valence-corrected chi connectivity index (χ3v) is 11.5. The molecular formula is C59H55Cl9N2O10S. The third kappa shape index (κ3) is 32.5. The fourth-order valence-electron chi connectivity index (χ4n) is 6.07. The van der Waals surface area contributed by atoms with Gasteiger partial charge in [-0.1, -0.05) is 193 Å². The summed E-state index contributed by atoms with van der Waals surface area (Å²) in [5.41, 5.74) is 11.7. The molecule has 0 heterocycles. The van der Waals surface area contributed by atoms with Crippen LogP contribution in [0.4, 0.5) is 0 Å². The molecule has 0 aliphatic heterocycles. The Bertz CT molecular complexity index is 3030. The van der Waals surface area contributed by atoms with E-state index in [9.17, 15) is 29.4 Å². The number of amides is 1. The molecule has 0 fully saturated rings. The summed E-state index contributed by atoms with van der Waals surface area (Å²) < 4.78 is 13.4. The molecule has 12 nitrogen and oxygen atoms in total. The largest absolute Gasteiger partial charge is 0.481 e. The summed E-state index contributed by atoms with van der Waals surface area (Å²) in [6, 6.07) is 58.1. The Morgan fingerprint density at radius 1 is 0.531 bits per heavy atom. The number of aliphatic hydroxyl groups is 2. The molecule has 430 valence electrons. The molecule has 0 saturated heterocycles. The van der Waals surface area contributed by atoms with Crippen molar-refractivity contribution in [2.75, 3.05) is 24.8 Å². The summed E-state index contributed by atoms with van der Waals surface area (Å²) in [6.45, 7) is 0.358. The highest BCUT2D eigenvalue weighted by Crippen LogP contribution is 2.23. The van der Waals surface area contributed by atoms with Gasteiger partial charge >= 0.3 is 17.9 Å². The standard InChI is InChI=1S/C18H17Cl2NO2.C15H10Cl2O2.C15H11ClO2.C8H8O2.C3H8ClNO.Cl2OS.ClH/c19-11-16(22)12-21-18(23)17(14-4-2-1-3-5-14)10-13-6-8-15(20)9-7-13;16-13-8-6-11(7-9-13)10-14(15(18)19-17)12-4-2-1-3-5-12;16-13-8-6-11(7-9-13)10-14(15(17)18)12-4-2-1-3-5-12;9-8(10)6-7-4-2-1-3-5-7;4-1-3(6)2-5;1-4(2)3;/h1-10,16,22H,11-12H2,(H,21,23);1-10H;1-10H,(H,17,18);1-5H,6H2,(H,9,10);3,6H,1-2,5H2;;1H/b17-10+;2*14-10+;;;;. The summed E-state index contributed by atoms with van der Waals surface area (Å²) in [7, 11) is 7.36. The number of carbonyl (C=O) groups is 4. The van der Waals surface area contributed by atoms with Gasteiger partial charge in [-0.15, -0.1) is 35.6 Å². The fourth-order valence-corrected chi connectivity index (χ4v) is 6.77. The van der Waals surface area contributed by atoms with E-state index in [0.717, 1.165) is 33.4 Å². The van der Waals surface area contributed by atoms with Gasteiger partial charge in [0, 0.05) is 61.0 Å². The highest BCUT2D eigenvalue weighted by atomic mass is 36.0. The zero-order valence-corrected chi connectivity index (χ0v) is 50.2. The monoisotopic (exact) mass is 1300 g/mol. The summed E-state index contributed by atoms with van der Waals surface area (Å²) in [5.74, 6) is -2.29. The van der Waals surface area contributed by atoms with E-state index >= 15 is 0 Å². The van der Waals surface area contributed by atoms with E-state index in [4.69, 9.17) is 90.0 Å². The van der Waals surface area contributed by atoms with Gasteiger partial charge in [-0.05, 0) is 93.6 Å². The number of benzene rings is 7. The second-order valence-corrected chi connectivity index (χ2v) is 20.5. The molecule has 0 aliphatic rings. The normalized spacial score (nSPS) is 11.4. The lowest BCUT2D eigenvalue weighted by atomic mass is 10.0. The lowest BCUT2D eigenvalue weighted by molar-refractivity contribution is -0.136. The van der Waals surface area contributed by atoms with Crippen molar-refractivity contribution in [2.45, 2.75) is 18.6 Å². The molecule has 0 aliphatic carbocycles. The van der Waals surface area contributed by atoms with Crippen LogP contribution >= 0.6 is 104 Å². The maximum Gasteiger partial charge on any atom is 0.356 e. The van der Waals surface area contributed by atoms with Crippen LogP contribution in [0.1, 0.15) is 38.9 Å². The van der Waals surface area contributed by atoms with Gasteiger partial charge in [-0.25, -0.2) is 13.8 Å². The van der Waals surface area contributed by atoms with Crippen molar-refractivity contribution < 1.29 is 48.1 Å². The van der Waals surface area contributed by atoms with Gasteiger partial charge < -0.3 is 35.8 Å². The smallest absolute Gasteiger partial charge is 0.356 e. The average molecular weight is 1300 g/mol.